The molecule has 4 atom stereocenters. The maximum atomic E-state index is 12.7. The predicted octanol–water partition coefficient (Wildman–Crippen LogP) is 4.31. The smallest absolute Gasteiger partial charge is 0.233 e. The van der Waals surface area contributed by atoms with Crippen LogP contribution in [0.25, 0.3) is 10.2 Å². The van der Waals surface area contributed by atoms with Gasteiger partial charge in [0, 0.05) is 10.9 Å². The molecule has 2 heterocycles. The number of hydrogen-bond donors (Lipinski definition) is 2. The van der Waals surface area contributed by atoms with Crippen molar-refractivity contribution >= 4 is 45.0 Å². The van der Waals surface area contributed by atoms with Crippen LogP contribution in [-0.2, 0) is 4.79 Å². The Labute approximate surface area is 163 Å². The molecule has 0 aliphatic heterocycles. The number of nitrogens with zero attached hydrogens (tertiary/aromatic N) is 2. The molecule has 7 heteroatoms. The van der Waals surface area contributed by atoms with Gasteiger partial charge in [0.25, 0.3) is 0 Å². The summed E-state index contributed by atoms with van der Waals surface area (Å²) in [5.74, 6) is 1.74. The minimum absolute atomic E-state index is 0.0572. The minimum atomic E-state index is -0.251. The molecular formula is C19H28N4OS2. The number of aryl methyl sites for hydroxylation is 2. The first-order chi connectivity index (χ1) is 12.3. The van der Waals surface area contributed by atoms with Crippen LogP contribution in [0.4, 0.5) is 5.82 Å². The fourth-order valence-corrected chi connectivity index (χ4v) is 5.49. The van der Waals surface area contributed by atoms with Crippen LogP contribution in [0.15, 0.2) is 5.16 Å². The molecule has 1 aliphatic rings. The number of thioether (sulfide) groups is 1. The van der Waals surface area contributed by atoms with Crippen LogP contribution in [0.2, 0.25) is 0 Å². The number of fused-ring (bicyclic) bond motifs is 1. The highest BCUT2D eigenvalue weighted by molar-refractivity contribution is 8.00. The topological polar surface area (TPSA) is 80.9 Å². The molecule has 142 valence electrons. The van der Waals surface area contributed by atoms with Crippen LogP contribution in [-0.4, -0.2) is 27.2 Å². The Kier molecular flexibility index (Phi) is 5.77. The molecule has 1 saturated carbocycles. The highest BCUT2D eigenvalue weighted by atomic mass is 32.2. The van der Waals surface area contributed by atoms with Crippen LogP contribution in [0.3, 0.4) is 0 Å². The van der Waals surface area contributed by atoms with Crippen molar-refractivity contribution in [2.24, 2.45) is 11.8 Å². The van der Waals surface area contributed by atoms with E-state index in [0.717, 1.165) is 22.2 Å². The van der Waals surface area contributed by atoms with Gasteiger partial charge >= 0.3 is 0 Å². The van der Waals surface area contributed by atoms with E-state index in [2.05, 4.69) is 36.1 Å². The Morgan fingerprint density at radius 3 is 2.77 bits per heavy atom. The molecule has 1 aliphatic carbocycles. The van der Waals surface area contributed by atoms with Gasteiger partial charge in [-0.25, -0.2) is 9.97 Å². The van der Waals surface area contributed by atoms with Gasteiger partial charge in [0.1, 0.15) is 10.6 Å². The van der Waals surface area contributed by atoms with Crippen molar-refractivity contribution in [3.63, 3.8) is 0 Å². The quantitative estimate of drug-likeness (QED) is 0.598. The fraction of sp³-hybridized carbons (Fsp3) is 0.632. The van der Waals surface area contributed by atoms with Crippen molar-refractivity contribution < 1.29 is 4.79 Å². The van der Waals surface area contributed by atoms with Gasteiger partial charge in [0.15, 0.2) is 5.16 Å². The molecule has 2 aromatic rings. The Bertz CT molecular complexity index is 819. The number of amides is 1. The second kappa shape index (κ2) is 7.72. The van der Waals surface area contributed by atoms with E-state index in [4.69, 9.17) is 5.73 Å². The second-order valence-corrected chi connectivity index (χ2v) is 10.0. The van der Waals surface area contributed by atoms with Gasteiger partial charge in [-0.05, 0) is 44.6 Å². The third-order valence-corrected chi connectivity index (χ3v) is 7.78. The van der Waals surface area contributed by atoms with E-state index in [-0.39, 0.29) is 17.2 Å². The van der Waals surface area contributed by atoms with Gasteiger partial charge in [-0.15, -0.1) is 11.3 Å². The second-order valence-electron chi connectivity index (χ2n) is 7.50. The summed E-state index contributed by atoms with van der Waals surface area (Å²) in [5, 5.41) is 4.51. The zero-order valence-electron chi connectivity index (χ0n) is 16.1. The lowest BCUT2D eigenvalue weighted by molar-refractivity contribution is -0.121. The van der Waals surface area contributed by atoms with Gasteiger partial charge < -0.3 is 11.1 Å². The van der Waals surface area contributed by atoms with Gasteiger partial charge in [0.2, 0.25) is 5.91 Å². The van der Waals surface area contributed by atoms with Crippen molar-refractivity contribution in [1.82, 2.24) is 15.3 Å². The summed E-state index contributed by atoms with van der Waals surface area (Å²) in [6.45, 7) is 10.5. The van der Waals surface area contributed by atoms with Crippen LogP contribution in [0.5, 0.6) is 0 Å². The van der Waals surface area contributed by atoms with Crippen molar-refractivity contribution in [3.05, 3.63) is 10.4 Å². The van der Waals surface area contributed by atoms with Crippen molar-refractivity contribution in [2.75, 3.05) is 5.73 Å². The number of rotatable bonds is 4. The number of thiophene rings is 1. The first-order valence-electron chi connectivity index (χ1n) is 9.28. The Hall–Kier alpha value is -1.34. The molecule has 3 rings (SSSR count). The molecule has 3 N–H and O–H groups in total. The highest BCUT2D eigenvalue weighted by Crippen LogP contribution is 2.34. The standard InChI is InChI=1S/C19H28N4OS2/c1-9-7-6-8-14(10(9)2)21-17(24)13(5)26-19-22-16(20)15-11(3)12(4)25-18(15)23-19/h9-10,13-14H,6-8H2,1-5H3,(H,21,24)(H2,20,22,23). The number of nitrogens with one attached hydrogen (secondary N) is 1. The average molecular weight is 393 g/mol. The molecule has 0 aromatic carbocycles. The molecule has 0 bridgehead atoms. The Balaban J connectivity index is 1.70. The summed E-state index contributed by atoms with van der Waals surface area (Å²) in [4.78, 5) is 23.8. The maximum Gasteiger partial charge on any atom is 0.233 e. The lowest BCUT2D eigenvalue weighted by Gasteiger charge is -2.35. The number of nitrogen functional groups attached to an aromatic ring is 1. The largest absolute Gasteiger partial charge is 0.383 e. The summed E-state index contributed by atoms with van der Waals surface area (Å²) in [7, 11) is 0. The van der Waals surface area contributed by atoms with Crippen molar-refractivity contribution in [1.29, 1.82) is 0 Å². The van der Waals surface area contributed by atoms with E-state index in [1.54, 1.807) is 11.3 Å². The van der Waals surface area contributed by atoms with E-state index < -0.39 is 0 Å². The predicted molar refractivity (Wildman–Crippen MR) is 111 cm³/mol. The summed E-state index contributed by atoms with van der Waals surface area (Å²) in [6.07, 6.45) is 3.51. The normalized spacial score (nSPS) is 24.6. The van der Waals surface area contributed by atoms with Gasteiger partial charge in [-0.1, -0.05) is 38.5 Å². The molecule has 2 aromatic heterocycles. The Morgan fingerprint density at radius 1 is 1.31 bits per heavy atom. The summed E-state index contributed by atoms with van der Waals surface area (Å²) in [5.41, 5.74) is 7.29. The van der Waals surface area contributed by atoms with Gasteiger partial charge in [-0.2, -0.15) is 0 Å². The zero-order valence-corrected chi connectivity index (χ0v) is 17.8. The molecule has 5 nitrogen and oxygen atoms in total. The molecule has 0 spiro atoms. The van der Waals surface area contributed by atoms with Crippen molar-refractivity contribution in [3.8, 4) is 0 Å². The van der Waals surface area contributed by atoms with Crippen LogP contribution < -0.4 is 11.1 Å². The van der Waals surface area contributed by atoms with Crippen molar-refractivity contribution in [2.45, 2.75) is 70.3 Å². The third kappa shape index (κ3) is 3.83. The van der Waals surface area contributed by atoms with Gasteiger partial charge in [0.05, 0.1) is 10.6 Å². The number of aromatic nitrogens is 2. The number of carbonyl (C=O) groups excluding carboxylic acids is 1. The van der Waals surface area contributed by atoms with E-state index >= 15 is 0 Å². The molecule has 4 unspecified atom stereocenters. The number of hydrogen-bond acceptors (Lipinski definition) is 6. The maximum absolute atomic E-state index is 12.7. The highest BCUT2D eigenvalue weighted by Gasteiger charge is 2.29. The molecule has 26 heavy (non-hydrogen) atoms. The van der Waals surface area contributed by atoms with Gasteiger partial charge in [-0.3, -0.25) is 4.79 Å². The SMILES string of the molecule is Cc1sc2nc(SC(C)C(=O)NC3CCCC(C)C3C)nc(N)c2c1C. The zero-order chi connectivity index (χ0) is 19.0. The first-order valence-corrected chi connectivity index (χ1v) is 11.0. The average Bonchev–Trinajstić information content (AvgIpc) is 2.86. The fourth-order valence-electron chi connectivity index (χ4n) is 3.61. The van der Waals surface area contributed by atoms with E-state index in [1.807, 2.05) is 13.8 Å². The van der Waals surface area contributed by atoms with E-state index in [0.29, 0.717) is 22.8 Å². The third-order valence-electron chi connectivity index (χ3n) is 5.72. The number of anilines is 1. The Morgan fingerprint density at radius 2 is 2.04 bits per heavy atom. The monoisotopic (exact) mass is 392 g/mol. The molecule has 1 fully saturated rings. The summed E-state index contributed by atoms with van der Waals surface area (Å²) in [6, 6.07) is 0.269. The molecule has 0 radical (unpaired) electrons. The number of carbonyl (C=O) groups is 1. The molecule has 0 saturated heterocycles. The lowest BCUT2D eigenvalue weighted by atomic mass is 9.78. The first kappa shape index (κ1) is 19.4. The molecular weight excluding hydrogens is 364 g/mol. The minimum Gasteiger partial charge on any atom is -0.383 e. The van der Waals surface area contributed by atoms with Crippen LogP contribution >= 0.6 is 23.1 Å². The van der Waals surface area contributed by atoms with Crippen LogP contribution in [0.1, 0.15) is 50.5 Å². The number of nitrogens with two attached hydrogens (primary N) is 1. The van der Waals surface area contributed by atoms with E-state index in [1.165, 1.54) is 29.5 Å². The van der Waals surface area contributed by atoms with E-state index in [9.17, 15) is 4.79 Å². The lowest BCUT2D eigenvalue weighted by Crippen LogP contribution is -2.46. The molecule has 1 amide bonds. The van der Waals surface area contributed by atoms with Crippen LogP contribution in [0, 0.1) is 25.7 Å². The summed E-state index contributed by atoms with van der Waals surface area (Å²) < 4.78 is 0. The summed E-state index contributed by atoms with van der Waals surface area (Å²) >= 11 is 3.01.